The van der Waals surface area contributed by atoms with Gasteiger partial charge < -0.3 is 15.9 Å². The molecule has 3 nitrogen and oxygen atoms in total. The zero-order valence-corrected chi connectivity index (χ0v) is 7.62. The van der Waals surface area contributed by atoms with E-state index in [-0.39, 0.29) is 0 Å². The van der Waals surface area contributed by atoms with Crippen molar-refractivity contribution in [1.82, 2.24) is 0 Å². The molecule has 0 aromatic carbocycles. The fraction of sp³-hybridized carbons (Fsp3) is 1.00. The molecule has 1 aliphatic heterocycles. The van der Waals surface area contributed by atoms with Gasteiger partial charge >= 0.3 is 0 Å². The van der Waals surface area contributed by atoms with Gasteiger partial charge in [0.05, 0.1) is 5.29 Å². The lowest BCUT2D eigenvalue weighted by Gasteiger charge is -2.31. The standard InChI is InChI=1S/C6H16N2OSi/c1-6(7,8)10-5-3-2-4-9-10/h10H,2-5,7-8H2,1H3. The van der Waals surface area contributed by atoms with Crippen LogP contribution in [-0.2, 0) is 4.43 Å². The molecule has 0 aromatic heterocycles. The van der Waals surface area contributed by atoms with Gasteiger partial charge in [0.2, 0.25) is 9.04 Å². The number of hydrogen-bond donors (Lipinski definition) is 2. The topological polar surface area (TPSA) is 61.3 Å². The summed E-state index contributed by atoms with van der Waals surface area (Å²) in [5.41, 5.74) is 11.4. The van der Waals surface area contributed by atoms with Crippen molar-refractivity contribution in [2.45, 2.75) is 31.1 Å². The number of rotatable bonds is 1. The van der Waals surface area contributed by atoms with E-state index in [9.17, 15) is 0 Å². The van der Waals surface area contributed by atoms with E-state index in [0.717, 1.165) is 12.7 Å². The van der Waals surface area contributed by atoms with Crippen molar-refractivity contribution in [1.29, 1.82) is 0 Å². The van der Waals surface area contributed by atoms with Crippen LogP contribution >= 0.6 is 0 Å². The Morgan fingerprint density at radius 3 is 2.40 bits per heavy atom. The number of hydrogen-bond acceptors (Lipinski definition) is 3. The summed E-state index contributed by atoms with van der Waals surface area (Å²) in [6, 6.07) is 1.14. The summed E-state index contributed by atoms with van der Waals surface area (Å²) in [5.74, 6) is 0. The molecule has 1 fully saturated rings. The van der Waals surface area contributed by atoms with Crippen molar-refractivity contribution in [2.75, 3.05) is 6.61 Å². The Bertz CT molecular complexity index is 107. The average Bonchev–Trinajstić information content (AvgIpc) is 1.88. The molecule has 60 valence electrons. The molecule has 1 heterocycles. The minimum atomic E-state index is -1.26. The van der Waals surface area contributed by atoms with E-state index in [4.69, 9.17) is 15.9 Å². The fourth-order valence-corrected chi connectivity index (χ4v) is 3.49. The normalized spacial score (nSPS) is 28.5. The van der Waals surface area contributed by atoms with Crippen LogP contribution in [-0.4, -0.2) is 20.9 Å². The highest BCUT2D eigenvalue weighted by atomic mass is 28.3. The van der Waals surface area contributed by atoms with Gasteiger partial charge in [0.1, 0.15) is 0 Å². The Hall–Kier alpha value is 0.0969. The van der Waals surface area contributed by atoms with Crippen LogP contribution in [0, 0.1) is 0 Å². The molecule has 4 heteroatoms. The molecule has 10 heavy (non-hydrogen) atoms. The van der Waals surface area contributed by atoms with Crippen molar-refractivity contribution in [3.05, 3.63) is 0 Å². The molecular weight excluding hydrogens is 144 g/mol. The van der Waals surface area contributed by atoms with Gasteiger partial charge in [-0.15, -0.1) is 0 Å². The monoisotopic (exact) mass is 160 g/mol. The first-order chi connectivity index (χ1) is 4.61. The predicted molar refractivity (Wildman–Crippen MR) is 43.9 cm³/mol. The first-order valence-electron chi connectivity index (χ1n) is 3.80. The zero-order valence-electron chi connectivity index (χ0n) is 6.47. The van der Waals surface area contributed by atoms with Gasteiger partial charge in [-0.1, -0.05) is 6.42 Å². The van der Waals surface area contributed by atoms with Crippen molar-refractivity contribution in [3.8, 4) is 0 Å². The molecule has 0 aliphatic carbocycles. The largest absolute Gasteiger partial charge is 0.417 e. The minimum Gasteiger partial charge on any atom is -0.417 e. The molecule has 0 saturated carbocycles. The van der Waals surface area contributed by atoms with E-state index < -0.39 is 14.3 Å². The first kappa shape index (κ1) is 8.20. The van der Waals surface area contributed by atoms with Crippen LogP contribution < -0.4 is 11.5 Å². The molecule has 0 aromatic rings. The second kappa shape index (κ2) is 3.00. The lowest BCUT2D eigenvalue weighted by molar-refractivity contribution is 0.268. The Morgan fingerprint density at radius 1 is 1.40 bits per heavy atom. The lowest BCUT2D eigenvalue weighted by atomic mass is 10.4. The smallest absolute Gasteiger partial charge is 0.211 e. The zero-order chi connectivity index (χ0) is 7.61. The summed E-state index contributed by atoms with van der Waals surface area (Å²) >= 11 is 0. The quantitative estimate of drug-likeness (QED) is 0.409. The highest BCUT2D eigenvalue weighted by Crippen LogP contribution is 2.15. The Balaban J connectivity index is 2.39. The Kier molecular flexibility index (Phi) is 2.46. The molecule has 1 saturated heterocycles. The van der Waals surface area contributed by atoms with Gasteiger partial charge in [-0.2, -0.15) is 0 Å². The maximum Gasteiger partial charge on any atom is 0.211 e. The van der Waals surface area contributed by atoms with Gasteiger partial charge in [-0.3, -0.25) is 0 Å². The number of nitrogens with two attached hydrogens (primary N) is 2. The van der Waals surface area contributed by atoms with E-state index >= 15 is 0 Å². The van der Waals surface area contributed by atoms with Crippen LogP contribution in [0.2, 0.25) is 6.04 Å². The summed E-state index contributed by atoms with van der Waals surface area (Å²) in [6.07, 6.45) is 2.43. The predicted octanol–water partition coefficient (Wildman–Crippen LogP) is -0.307. The summed E-state index contributed by atoms with van der Waals surface area (Å²) < 4.78 is 5.53. The van der Waals surface area contributed by atoms with Crippen molar-refractivity contribution < 1.29 is 4.43 Å². The van der Waals surface area contributed by atoms with Crippen LogP contribution in [0.15, 0.2) is 0 Å². The second-order valence-corrected chi connectivity index (χ2v) is 6.35. The third kappa shape index (κ3) is 2.05. The average molecular weight is 160 g/mol. The molecule has 4 N–H and O–H groups in total. The summed E-state index contributed by atoms with van der Waals surface area (Å²) in [6.45, 7) is 2.75. The van der Waals surface area contributed by atoms with Gasteiger partial charge in [0, 0.05) is 6.61 Å². The lowest BCUT2D eigenvalue weighted by Crippen LogP contribution is -2.61. The van der Waals surface area contributed by atoms with Crippen LogP contribution in [0.25, 0.3) is 0 Å². The van der Waals surface area contributed by atoms with Gasteiger partial charge in [0.25, 0.3) is 0 Å². The van der Waals surface area contributed by atoms with Crippen LogP contribution in [0.4, 0.5) is 0 Å². The maximum atomic E-state index is 5.72. The highest BCUT2D eigenvalue weighted by Gasteiger charge is 2.30. The van der Waals surface area contributed by atoms with Crippen LogP contribution in [0.1, 0.15) is 19.8 Å². The summed E-state index contributed by atoms with van der Waals surface area (Å²) in [4.78, 5) is 0. The summed E-state index contributed by atoms with van der Waals surface area (Å²) in [5, 5.41) is -0.513. The molecule has 1 aliphatic rings. The first-order valence-corrected chi connectivity index (χ1v) is 5.66. The van der Waals surface area contributed by atoms with Crippen LogP contribution in [0.3, 0.4) is 0 Å². The molecule has 0 bridgehead atoms. The van der Waals surface area contributed by atoms with E-state index in [1.54, 1.807) is 0 Å². The van der Waals surface area contributed by atoms with Gasteiger partial charge in [-0.05, 0) is 19.4 Å². The molecule has 1 unspecified atom stereocenters. The second-order valence-electron chi connectivity index (χ2n) is 3.22. The summed E-state index contributed by atoms with van der Waals surface area (Å²) in [7, 11) is -1.26. The van der Waals surface area contributed by atoms with E-state index in [2.05, 4.69) is 0 Å². The van der Waals surface area contributed by atoms with E-state index in [1.807, 2.05) is 6.92 Å². The van der Waals surface area contributed by atoms with Crippen molar-refractivity contribution in [2.24, 2.45) is 11.5 Å². The minimum absolute atomic E-state index is 0.513. The molecule has 0 amide bonds. The van der Waals surface area contributed by atoms with E-state index in [1.165, 1.54) is 12.8 Å². The van der Waals surface area contributed by atoms with Crippen LogP contribution in [0.5, 0.6) is 0 Å². The SMILES string of the molecule is CC(N)(N)[SiH]1CCCCO1. The maximum absolute atomic E-state index is 5.72. The van der Waals surface area contributed by atoms with Crippen molar-refractivity contribution in [3.63, 3.8) is 0 Å². The van der Waals surface area contributed by atoms with Crippen molar-refractivity contribution >= 4 is 9.04 Å². The third-order valence-electron chi connectivity index (χ3n) is 1.87. The molecule has 0 spiro atoms. The molecule has 1 rings (SSSR count). The highest BCUT2D eigenvalue weighted by molar-refractivity contribution is 6.55. The molecule has 1 atom stereocenters. The van der Waals surface area contributed by atoms with Gasteiger partial charge in [0.15, 0.2) is 0 Å². The Labute approximate surface area is 63.5 Å². The Morgan fingerprint density at radius 2 is 2.10 bits per heavy atom. The third-order valence-corrected chi connectivity index (χ3v) is 4.83. The van der Waals surface area contributed by atoms with Gasteiger partial charge in [-0.25, -0.2) is 0 Å². The fourth-order valence-electron chi connectivity index (χ4n) is 1.23. The van der Waals surface area contributed by atoms with E-state index in [0.29, 0.717) is 0 Å². The molecule has 0 radical (unpaired) electrons. The molecular formula is C6H16N2OSi.